The number of nitrogens with one attached hydrogen (secondary N) is 2. The Bertz CT molecular complexity index is 1630. The van der Waals surface area contributed by atoms with Gasteiger partial charge in [-0.1, -0.05) is 57.7 Å². The molecule has 8 rings (SSSR count). The van der Waals surface area contributed by atoms with Crippen LogP contribution in [-0.2, 0) is 30.8 Å². The van der Waals surface area contributed by atoms with Crippen molar-refractivity contribution < 1.29 is 24.1 Å². The van der Waals surface area contributed by atoms with Crippen molar-refractivity contribution in [1.29, 1.82) is 0 Å². The van der Waals surface area contributed by atoms with Gasteiger partial charge < -0.3 is 29.6 Å². The number of aliphatic hydroxyl groups is 1. The number of aromatic amines is 1. The van der Waals surface area contributed by atoms with Gasteiger partial charge in [-0.15, -0.1) is 0 Å². The zero-order valence-electron chi connectivity index (χ0n) is 29.6. The molecule has 8 nitrogen and oxygen atoms in total. The number of hydrogen-bond acceptors (Lipinski definition) is 6. The highest BCUT2D eigenvalue weighted by Crippen LogP contribution is 2.71. The van der Waals surface area contributed by atoms with Gasteiger partial charge in [-0.3, -0.25) is 9.79 Å². The second-order valence-corrected chi connectivity index (χ2v) is 16.5. The lowest BCUT2D eigenvalue weighted by Crippen LogP contribution is -2.75. The van der Waals surface area contributed by atoms with Crippen LogP contribution in [0.5, 0.6) is 0 Å². The quantitative estimate of drug-likeness (QED) is 0.303. The maximum absolute atomic E-state index is 13.9. The van der Waals surface area contributed by atoms with Crippen LogP contribution in [0.15, 0.2) is 40.9 Å². The van der Waals surface area contributed by atoms with E-state index in [4.69, 9.17) is 19.2 Å². The average Bonchev–Trinajstić information content (AvgIpc) is 3.86. The Morgan fingerprint density at radius 2 is 1.83 bits per heavy atom. The van der Waals surface area contributed by atoms with E-state index in [-0.39, 0.29) is 42.7 Å². The summed E-state index contributed by atoms with van der Waals surface area (Å²) in [7, 11) is 0. The van der Waals surface area contributed by atoms with Crippen LogP contribution < -0.4 is 5.32 Å². The molecule has 48 heavy (non-hydrogen) atoms. The molecule has 5 aliphatic carbocycles. The van der Waals surface area contributed by atoms with Crippen LogP contribution in [0.25, 0.3) is 10.9 Å². The van der Waals surface area contributed by atoms with Gasteiger partial charge in [-0.25, -0.2) is 0 Å². The van der Waals surface area contributed by atoms with E-state index in [0.29, 0.717) is 19.3 Å². The molecule has 2 heterocycles. The number of aliphatic imine (C=N–C) groups is 1. The number of para-hydroxylation sites is 1. The minimum Gasteiger partial charge on any atom is -0.382 e. The lowest BCUT2D eigenvalue weighted by atomic mass is 9.41. The Labute approximate surface area is 285 Å². The summed E-state index contributed by atoms with van der Waals surface area (Å²) in [5.41, 5.74) is 2.77. The molecule has 4 saturated carbocycles. The van der Waals surface area contributed by atoms with E-state index in [1.54, 1.807) is 0 Å². The van der Waals surface area contributed by atoms with E-state index < -0.39 is 28.3 Å². The van der Waals surface area contributed by atoms with Crippen LogP contribution in [0.2, 0.25) is 0 Å². The topological polar surface area (TPSA) is 105 Å². The summed E-state index contributed by atoms with van der Waals surface area (Å²) < 4.78 is 20.5. The molecule has 6 aliphatic rings. The maximum Gasteiger partial charge on any atom is 0.246 e. The van der Waals surface area contributed by atoms with Crippen LogP contribution in [0.4, 0.5) is 0 Å². The van der Waals surface area contributed by atoms with E-state index in [9.17, 15) is 9.90 Å². The molecule has 0 radical (unpaired) electrons. The Balaban J connectivity index is 1.27. The first kappa shape index (κ1) is 32.7. The molecular formula is C40H55N3O5. The van der Waals surface area contributed by atoms with Crippen LogP contribution in [0.3, 0.4) is 0 Å². The number of rotatable bonds is 7. The van der Waals surface area contributed by atoms with E-state index in [1.807, 2.05) is 13.8 Å². The summed E-state index contributed by atoms with van der Waals surface area (Å²) in [5.74, 6) is -0.990. The molecule has 8 heteroatoms. The largest absolute Gasteiger partial charge is 0.382 e. The van der Waals surface area contributed by atoms with Gasteiger partial charge in [0.15, 0.2) is 5.79 Å². The number of nitrogens with zero attached hydrogens (tertiary/aromatic N) is 1. The highest BCUT2D eigenvalue weighted by Gasteiger charge is 2.76. The SMILES string of the molecule is CC(C)OC12CCC3(C)[C@@]4(C)c5[nH]c6ccccc6c5CC4C[C@H](OCC(=O)NC4CCCC4)[C@@]3(O)C1=CC(=NC1CCCC1)C(C)O2. The average molecular weight is 658 g/mol. The zero-order chi connectivity index (χ0) is 33.5. The lowest BCUT2D eigenvalue weighted by molar-refractivity contribution is -0.311. The summed E-state index contributed by atoms with van der Waals surface area (Å²) in [4.78, 5) is 22.4. The molecule has 1 aromatic carbocycles. The molecule has 4 unspecified atom stereocenters. The molecule has 0 spiro atoms. The predicted octanol–water partition coefficient (Wildman–Crippen LogP) is 6.83. The van der Waals surface area contributed by atoms with Crippen molar-refractivity contribution in [3.8, 4) is 0 Å². The third kappa shape index (κ3) is 4.75. The maximum atomic E-state index is 13.9. The molecule has 0 saturated heterocycles. The Morgan fingerprint density at radius 3 is 2.58 bits per heavy atom. The van der Waals surface area contributed by atoms with E-state index in [0.717, 1.165) is 61.7 Å². The number of aromatic nitrogens is 1. The summed E-state index contributed by atoms with van der Waals surface area (Å²) >= 11 is 0. The van der Waals surface area contributed by atoms with Crippen molar-refractivity contribution >= 4 is 22.5 Å². The molecule has 0 bridgehead atoms. The Kier molecular flexibility index (Phi) is 8.02. The Hall–Kier alpha value is -2.52. The van der Waals surface area contributed by atoms with Gasteiger partial charge in [-0.2, -0.15) is 0 Å². The number of benzene rings is 1. The van der Waals surface area contributed by atoms with E-state index in [1.165, 1.54) is 29.5 Å². The Morgan fingerprint density at radius 1 is 1.10 bits per heavy atom. The van der Waals surface area contributed by atoms with Gasteiger partial charge in [0.25, 0.3) is 0 Å². The normalized spacial score (nSPS) is 39.0. The van der Waals surface area contributed by atoms with Crippen LogP contribution in [0.1, 0.15) is 117 Å². The third-order valence-corrected chi connectivity index (χ3v) is 13.6. The fraction of sp³-hybridized carbons (Fsp3) is 0.700. The lowest BCUT2D eigenvalue weighted by Gasteiger charge is -2.68. The number of ether oxygens (including phenoxy) is 3. The highest BCUT2D eigenvalue weighted by molar-refractivity contribution is 6.00. The molecule has 260 valence electrons. The predicted molar refractivity (Wildman–Crippen MR) is 187 cm³/mol. The minimum atomic E-state index is -1.49. The van der Waals surface area contributed by atoms with Crippen molar-refractivity contribution in [2.24, 2.45) is 16.3 Å². The number of carbonyl (C=O) groups is 1. The van der Waals surface area contributed by atoms with Gasteiger partial charge in [0.2, 0.25) is 5.91 Å². The van der Waals surface area contributed by atoms with Crippen LogP contribution in [-0.4, -0.2) is 70.1 Å². The van der Waals surface area contributed by atoms with E-state index >= 15 is 0 Å². The van der Waals surface area contributed by atoms with Crippen molar-refractivity contribution in [3.63, 3.8) is 0 Å². The first-order valence-electron chi connectivity index (χ1n) is 18.9. The molecule has 3 N–H and O–H groups in total. The first-order valence-corrected chi connectivity index (χ1v) is 18.9. The molecule has 1 amide bonds. The standard InChI is InChI=1S/C40H55N3O5/c1-24(2)47-39-19-18-37(4)38(5)26(20-30-29-16-10-11-17-31(29)43-36(30)38)21-34(46-23-35(44)42-28-14-8-9-15-28)40(37,45)33(39)22-32(25(3)48-39)41-27-12-6-7-13-27/h10-11,16-17,22,24-28,34,43,45H,6-9,12-15,18-21,23H2,1-5H3,(H,42,44)/t25?,26?,34-,37?,38+,39?,40-/m0/s1. The molecule has 2 aromatic rings. The second kappa shape index (κ2) is 11.8. The third-order valence-electron chi connectivity index (χ3n) is 13.6. The summed E-state index contributed by atoms with van der Waals surface area (Å²) in [5, 5.41) is 18.4. The number of fused-ring (bicyclic) bond motifs is 9. The molecule has 1 aliphatic heterocycles. The van der Waals surface area contributed by atoms with Crippen molar-refractivity contribution in [2.45, 2.75) is 159 Å². The smallest absolute Gasteiger partial charge is 0.246 e. The molecular weight excluding hydrogens is 602 g/mol. The monoisotopic (exact) mass is 657 g/mol. The van der Waals surface area contributed by atoms with Crippen molar-refractivity contribution in [3.05, 3.63) is 47.2 Å². The molecule has 1 aromatic heterocycles. The fourth-order valence-corrected chi connectivity index (χ4v) is 11.1. The highest BCUT2D eigenvalue weighted by atomic mass is 16.7. The van der Waals surface area contributed by atoms with Gasteiger partial charge in [0.1, 0.15) is 12.2 Å². The minimum absolute atomic E-state index is 0.0805. The number of carbonyl (C=O) groups excluding carboxylic acids is 1. The second-order valence-electron chi connectivity index (χ2n) is 16.5. The van der Waals surface area contributed by atoms with Gasteiger partial charge in [0.05, 0.1) is 30.1 Å². The van der Waals surface area contributed by atoms with Gasteiger partial charge in [-0.05, 0) is 89.3 Å². The summed E-state index contributed by atoms with van der Waals surface area (Å²) in [6.07, 6.45) is 12.8. The van der Waals surface area contributed by atoms with Gasteiger partial charge >= 0.3 is 0 Å². The zero-order valence-corrected chi connectivity index (χ0v) is 29.6. The number of amides is 1. The fourth-order valence-electron chi connectivity index (χ4n) is 11.1. The summed E-state index contributed by atoms with van der Waals surface area (Å²) in [6, 6.07) is 9.06. The van der Waals surface area contributed by atoms with Gasteiger partial charge in [0, 0.05) is 45.5 Å². The number of hydrogen-bond donors (Lipinski definition) is 3. The summed E-state index contributed by atoms with van der Waals surface area (Å²) in [6.45, 7) is 10.7. The van der Waals surface area contributed by atoms with Crippen molar-refractivity contribution in [1.82, 2.24) is 10.3 Å². The first-order chi connectivity index (χ1) is 23.0. The molecule has 4 fully saturated rings. The molecule has 7 atom stereocenters. The van der Waals surface area contributed by atoms with E-state index in [2.05, 4.69) is 61.4 Å². The van der Waals surface area contributed by atoms with Crippen LogP contribution in [0, 0.1) is 11.3 Å². The van der Waals surface area contributed by atoms with Crippen LogP contribution >= 0.6 is 0 Å². The number of H-pyrrole nitrogens is 1. The van der Waals surface area contributed by atoms with Crippen molar-refractivity contribution in [2.75, 3.05) is 6.61 Å².